The van der Waals surface area contributed by atoms with Gasteiger partial charge in [-0.3, -0.25) is 0 Å². The summed E-state index contributed by atoms with van der Waals surface area (Å²) >= 11 is 0. The van der Waals surface area contributed by atoms with E-state index in [1.165, 1.54) is 25.3 Å². The van der Waals surface area contributed by atoms with Gasteiger partial charge in [0.05, 0.1) is 12.7 Å². The van der Waals surface area contributed by atoms with E-state index in [9.17, 15) is 4.39 Å². The van der Waals surface area contributed by atoms with Crippen LogP contribution in [0.2, 0.25) is 0 Å². The second-order valence-electron chi connectivity index (χ2n) is 3.38. The largest absolute Gasteiger partial charge is 0.496 e. The first-order chi connectivity index (χ1) is 8.24. The Hall–Kier alpha value is -1.95. The molecule has 0 unspecified atom stereocenters. The van der Waals surface area contributed by atoms with Crippen molar-refractivity contribution in [2.75, 3.05) is 13.7 Å². The zero-order chi connectivity index (χ0) is 12.3. The van der Waals surface area contributed by atoms with E-state index in [0.717, 1.165) is 0 Å². The average molecular weight is 237 g/mol. The van der Waals surface area contributed by atoms with Gasteiger partial charge in [0.2, 0.25) is 5.89 Å². The second-order valence-corrected chi connectivity index (χ2v) is 3.38. The smallest absolute Gasteiger partial charge is 0.251 e. The topological polar surface area (TPSA) is 74.2 Å². The van der Waals surface area contributed by atoms with Crippen LogP contribution in [0.4, 0.5) is 4.39 Å². The van der Waals surface area contributed by atoms with Gasteiger partial charge in [0.15, 0.2) is 0 Å². The number of benzene rings is 1. The molecule has 0 fully saturated rings. The van der Waals surface area contributed by atoms with Crippen molar-refractivity contribution in [2.24, 2.45) is 5.73 Å². The third-order valence-corrected chi connectivity index (χ3v) is 2.22. The standard InChI is InChI=1S/C11H12FN3O2/c1-16-9-3-2-7(12)6-8(9)11-15-14-10(17-11)4-5-13/h2-3,6H,4-5,13H2,1H3. The molecule has 2 aromatic rings. The lowest BCUT2D eigenvalue weighted by molar-refractivity contribution is 0.412. The Bertz CT molecular complexity index is 513. The first kappa shape index (κ1) is 11.5. The number of methoxy groups -OCH3 is 1. The third-order valence-electron chi connectivity index (χ3n) is 2.22. The number of nitrogens with zero attached hydrogens (tertiary/aromatic N) is 2. The van der Waals surface area contributed by atoms with Crippen molar-refractivity contribution < 1.29 is 13.5 Å². The highest BCUT2D eigenvalue weighted by Gasteiger charge is 2.14. The summed E-state index contributed by atoms with van der Waals surface area (Å²) in [5, 5.41) is 7.65. The van der Waals surface area contributed by atoms with Crippen LogP contribution in [-0.2, 0) is 6.42 Å². The molecular weight excluding hydrogens is 225 g/mol. The summed E-state index contributed by atoms with van der Waals surface area (Å²) in [6.07, 6.45) is 0.491. The van der Waals surface area contributed by atoms with Gasteiger partial charge in [-0.2, -0.15) is 0 Å². The van der Waals surface area contributed by atoms with Crippen molar-refractivity contribution in [1.29, 1.82) is 0 Å². The molecule has 0 saturated heterocycles. The molecule has 1 aromatic heterocycles. The summed E-state index contributed by atoms with van der Waals surface area (Å²) in [5.74, 6) is 0.743. The molecule has 17 heavy (non-hydrogen) atoms. The normalized spacial score (nSPS) is 10.5. The number of aromatic nitrogens is 2. The van der Waals surface area contributed by atoms with Crippen LogP contribution < -0.4 is 10.5 Å². The molecule has 1 heterocycles. The molecule has 2 rings (SSSR count). The van der Waals surface area contributed by atoms with Crippen LogP contribution in [0.3, 0.4) is 0 Å². The Morgan fingerprint density at radius 3 is 2.94 bits per heavy atom. The van der Waals surface area contributed by atoms with Crippen molar-refractivity contribution >= 4 is 0 Å². The first-order valence-corrected chi connectivity index (χ1v) is 5.11. The fourth-order valence-electron chi connectivity index (χ4n) is 1.43. The van der Waals surface area contributed by atoms with Crippen LogP contribution in [0, 0.1) is 5.82 Å². The van der Waals surface area contributed by atoms with Crippen LogP contribution in [0.15, 0.2) is 22.6 Å². The molecule has 6 heteroatoms. The van der Waals surface area contributed by atoms with Gasteiger partial charge in [-0.05, 0) is 18.2 Å². The van der Waals surface area contributed by atoms with Gasteiger partial charge in [0, 0.05) is 13.0 Å². The lowest BCUT2D eigenvalue weighted by Gasteiger charge is -2.04. The number of rotatable bonds is 4. The number of halogens is 1. The first-order valence-electron chi connectivity index (χ1n) is 5.11. The third kappa shape index (κ3) is 2.42. The summed E-state index contributed by atoms with van der Waals surface area (Å²) in [6, 6.07) is 4.11. The maximum atomic E-state index is 13.2. The predicted octanol–water partition coefficient (Wildman–Crippen LogP) is 1.39. The molecule has 2 N–H and O–H groups in total. The van der Waals surface area contributed by atoms with Gasteiger partial charge in [-0.1, -0.05) is 0 Å². The van der Waals surface area contributed by atoms with E-state index in [4.69, 9.17) is 14.9 Å². The van der Waals surface area contributed by atoms with Crippen LogP contribution in [0.25, 0.3) is 11.5 Å². The summed E-state index contributed by atoms with van der Waals surface area (Å²) in [4.78, 5) is 0. The fraction of sp³-hybridized carbons (Fsp3) is 0.273. The maximum Gasteiger partial charge on any atom is 0.251 e. The van der Waals surface area contributed by atoms with Crippen LogP contribution >= 0.6 is 0 Å². The van der Waals surface area contributed by atoms with Crippen molar-refractivity contribution in [1.82, 2.24) is 10.2 Å². The van der Waals surface area contributed by atoms with Gasteiger partial charge in [-0.25, -0.2) is 4.39 Å². The Kier molecular flexibility index (Phi) is 3.34. The molecule has 0 bridgehead atoms. The molecule has 0 radical (unpaired) electrons. The maximum absolute atomic E-state index is 13.2. The predicted molar refractivity (Wildman–Crippen MR) is 59.0 cm³/mol. The van der Waals surface area contributed by atoms with E-state index >= 15 is 0 Å². The van der Waals surface area contributed by atoms with Crippen molar-refractivity contribution in [3.63, 3.8) is 0 Å². The molecule has 90 valence electrons. The quantitative estimate of drug-likeness (QED) is 0.869. The average Bonchev–Trinajstić information content (AvgIpc) is 2.78. The Labute approximate surface area is 97.4 Å². The van der Waals surface area contributed by atoms with Gasteiger partial charge >= 0.3 is 0 Å². The summed E-state index contributed by atoms with van der Waals surface area (Å²) in [6.45, 7) is 0.419. The van der Waals surface area contributed by atoms with E-state index in [0.29, 0.717) is 30.2 Å². The highest BCUT2D eigenvalue weighted by atomic mass is 19.1. The molecule has 0 aliphatic carbocycles. The summed E-state index contributed by atoms with van der Waals surface area (Å²) in [5.41, 5.74) is 5.81. The monoisotopic (exact) mass is 237 g/mol. The lowest BCUT2D eigenvalue weighted by Crippen LogP contribution is -2.02. The van der Waals surface area contributed by atoms with Crippen molar-refractivity contribution in [2.45, 2.75) is 6.42 Å². The molecule has 0 amide bonds. The number of hydrogen-bond donors (Lipinski definition) is 1. The summed E-state index contributed by atoms with van der Waals surface area (Å²) < 4.78 is 23.6. The zero-order valence-corrected chi connectivity index (χ0v) is 9.31. The van der Waals surface area contributed by atoms with E-state index in [2.05, 4.69) is 10.2 Å². The highest BCUT2D eigenvalue weighted by molar-refractivity contribution is 5.62. The number of nitrogens with two attached hydrogens (primary N) is 1. The zero-order valence-electron chi connectivity index (χ0n) is 9.31. The molecule has 0 spiro atoms. The van der Waals surface area contributed by atoms with Crippen LogP contribution in [0.5, 0.6) is 5.75 Å². The Morgan fingerprint density at radius 1 is 1.41 bits per heavy atom. The summed E-state index contributed by atoms with van der Waals surface area (Å²) in [7, 11) is 1.49. The molecule has 0 aliphatic heterocycles. The fourth-order valence-corrected chi connectivity index (χ4v) is 1.43. The Morgan fingerprint density at radius 2 is 2.24 bits per heavy atom. The lowest BCUT2D eigenvalue weighted by atomic mass is 10.2. The number of ether oxygens (including phenoxy) is 1. The minimum Gasteiger partial charge on any atom is -0.496 e. The molecule has 0 aliphatic rings. The van der Waals surface area contributed by atoms with Gasteiger partial charge in [0.25, 0.3) is 5.89 Å². The minimum atomic E-state index is -0.389. The highest BCUT2D eigenvalue weighted by Crippen LogP contribution is 2.29. The van der Waals surface area contributed by atoms with E-state index in [1.54, 1.807) is 0 Å². The second kappa shape index (κ2) is 4.92. The van der Waals surface area contributed by atoms with Crippen LogP contribution in [-0.4, -0.2) is 23.9 Å². The van der Waals surface area contributed by atoms with Gasteiger partial charge in [-0.15, -0.1) is 10.2 Å². The van der Waals surface area contributed by atoms with Gasteiger partial charge < -0.3 is 14.9 Å². The van der Waals surface area contributed by atoms with E-state index in [-0.39, 0.29) is 11.7 Å². The van der Waals surface area contributed by atoms with Crippen LogP contribution in [0.1, 0.15) is 5.89 Å². The van der Waals surface area contributed by atoms with E-state index in [1.807, 2.05) is 0 Å². The number of hydrogen-bond acceptors (Lipinski definition) is 5. The molecule has 1 aromatic carbocycles. The molecule has 5 nitrogen and oxygen atoms in total. The molecule has 0 saturated carbocycles. The SMILES string of the molecule is COc1ccc(F)cc1-c1nnc(CCN)o1. The Balaban J connectivity index is 2.40. The van der Waals surface area contributed by atoms with Crippen molar-refractivity contribution in [3.8, 4) is 17.2 Å². The van der Waals surface area contributed by atoms with E-state index < -0.39 is 0 Å². The molecule has 0 atom stereocenters. The minimum absolute atomic E-state index is 0.227. The molecular formula is C11H12FN3O2. The van der Waals surface area contributed by atoms with Crippen molar-refractivity contribution in [3.05, 3.63) is 29.9 Å². The van der Waals surface area contributed by atoms with Gasteiger partial charge in [0.1, 0.15) is 11.6 Å².